The zero-order chi connectivity index (χ0) is 68.9. The maximum Gasteiger partial charge on any atom is 0.256 e. The molecule has 22 rings (SSSR count). The summed E-state index contributed by atoms with van der Waals surface area (Å²) >= 11 is 0. The lowest BCUT2D eigenvalue weighted by molar-refractivity contribution is 0.0900. The molecule has 6 aliphatic heterocycles. The molecule has 0 atom stereocenters. The Morgan fingerprint density at radius 2 is 0.673 bits per heavy atom. The zero-order valence-electron chi connectivity index (χ0n) is 58.8. The highest BCUT2D eigenvalue weighted by Crippen LogP contribution is 2.58. The van der Waals surface area contributed by atoms with E-state index in [0.717, 1.165) is 90.7 Å². The first kappa shape index (κ1) is 60.9. The summed E-state index contributed by atoms with van der Waals surface area (Å²) in [6.07, 6.45) is 6.28. The molecule has 496 valence electrons. The number of hydrogen-bond donors (Lipinski definition) is 0. The van der Waals surface area contributed by atoms with Gasteiger partial charge in [0.15, 0.2) is 0 Å². The molecule has 4 bridgehead atoms. The Balaban J connectivity index is 0.920. The van der Waals surface area contributed by atoms with Crippen LogP contribution in [0.5, 0.6) is 11.5 Å². The van der Waals surface area contributed by atoms with Crippen LogP contribution in [0.4, 0.5) is 56.9 Å². The predicted molar refractivity (Wildman–Crippen MR) is 438 cm³/mol. The molecule has 104 heavy (non-hydrogen) atoms. The number of anilines is 10. The van der Waals surface area contributed by atoms with Crippen LogP contribution in [-0.4, -0.2) is 25.5 Å². The van der Waals surface area contributed by atoms with Gasteiger partial charge in [-0.25, -0.2) is 0 Å². The van der Waals surface area contributed by atoms with E-state index in [4.69, 9.17) is 4.74 Å². The largest absolute Gasteiger partial charge is 0.458 e. The highest BCUT2D eigenvalue weighted by atomic mass is 16.5. The molecule has 0 spiro atoms. The normalized spacial score (nSPS) is 17.5. The lowest BCUT2D eigenvalue weighted by Crippen LogP contribution is -2.64. The van der Waals surface area contributed by atoms with Crippen LogP contribution in [0.2, 0.25) is 0 Å². The second kappa shape index (κ2) is 23.9. The van der Waals surface area contributed by atoms with E-state index in [-0.39, 0.29) is 18.8 Å². The number of benzene rings is 14. The molecule has 5 nitrogen and oxygen atoms in total. The average molecular weight is 1340 g/mol. The first-order valence-corrected chi connectivity index (χ1v) is 37.5. The van der Waals surface area contributed by atoms with Gasteiger partial charge in [0.25, 0.3) is 13.4 Å². The van der Waals surface area contributed by atoms with E-state index in [1.807, 2.05) is 0 Å². The van der Waals surface area contributed by atoms with E-state index in [0.29, 0.717) is 12.1 Å². The molecule has 14 aromatic rings. The van der Waals surface area contributed by atoms with Crippen LogP contribution in [0.3, 0.4) is 0 Å². The molecule has 2 saturated carbocycles. The first-order valence-electron chi connectivity index (χ1n) is 37.5. The van der Waals surface area contributed by atoms with Gasteiger partial charge < -0.3 is 24.3 Å². The Morgan fingerprint density at radius 3 is 1.12 bits per heavy atom. The Kier molecular flexibility index (Phi) is 14.0. The maximum atomic E-state index is 7.92. The lowest BCUT2D eigenvalue weighted by Gasteiger charge is -2.58. The summed E-state index contributed by atoms with van der Waals surface area (Å²) in [5.74, 6) is 3.31. The van der Waals surface area contributed by atoms with E-state index in [1.54, 1.807) is 0 Å². The Bertz CT molecular complexity index is 5580. The van der Waals surface area contributed by atoms with E-state index in [1.165, 1.54) is 127 Å². The third-order valence-electron chi connectivity index (χ3n) is 24.0. The van der Waals surface area contributed by atoms with Gasteiger partial charge >= 0.3 is 0 Å². The summed E-state index contributed by atoms with van der Waals surface area (Å²) in [5, 5.41) is 0. The quantitative estimate of drug-likeness (QED) is 0.127. The fraction of sp³-hybridized carbons (Fsp3) is 0.134. The van der Waals surface area contributed by atoms with E-state index in [9.17, 15) is 0 Å². The molecule has 14 aromatic carbocycles. The van der Waals surface area contributed by atoms with Gasteiger partial charge in [0, 0.05) is 85.9 Å². The smallest absolute Gasteiger partial charge is 0.256 e. The minimum Gasteiger partial charge on any atom is -0.458 e. The van der Waals surface area contributed by atoms with Crippen LogP contribution in [0.15, 0.2) is 322 Å². The van der Waals surface area contributed by atoms with Crippen molar-refractivity contribution in [2.24, 2.45) is 11.8 Å². The fourth-order valence-corrected chi connectivity index (χ4v) is 19.7. The van der Waals surface area contributed by atoms with E-state index >= 15 is 0 Å². The van der Waals surface area contributed by atoms with Crippen LogP contribution >= 0.6 is 0 Å². The number of nitrogens with zero attached hydrogens (tertiary/aromatic N) is 4. The van der Waals surface area contributed by atoms with Crippen LogP contribution in [-0.2, 0) is 5.41 Å². The Labute approximate surface area is 611 Å². The first-order chi connectivity index (χ1) is 51.2. The molecule has 8 aliphatic rings. The van der Waals surface area contributed by atoms with Crippen LogP contribution < -0.4 is 57.1 Å². The number of hydrogen-bond acceptors (Lipinski definition) is 5. The SMILES string of the molecule is CC(C)(C)c1cc2c3c(c1)N(c1ccccc1)c1ccccc1B3c1cc3c(cc1O2)N(c1c(-c2ccccc2)cc(-c2ccccc2)cc1-c1ccccc1)c1cc(N2C4CC5CC(C4)CC2C5)cc2c1B3c1ccccc1N2c1c(-c2ccccc2)cc(-c2ccccc2)cc1-c1ccccc1. The number of fused-ring (bicyclic) bond motifs is 8. The standard InChI is InChI=1S/C97H76B2N4O/c1-97(2,3)72-56-88-94-92(57-72)104-91-61-87-83(60-84(91)99(94)81-43-25-27-45-85(81)101(88)73-41-23-10-24-42-73)98-82-44-26-28-46-86(82)102(95-77(66-33-15-6-16-34-66)52-70(64-29-11-4-12-30-64)53-78(95)67-35-17-7-18-36-67)89-58-76(100-74-48-62-47-63(50-74)51-75(100)49-62)59-90(93(89)98)103(87)96-79(68-37-19-8-20-38-68)54-71(65-31-13-5-14-32-65)55-80(96)69-39-21-9-22-40-69/h4-46,52-63,74-75H,47-51H2,1-3H3. The van der Waals surface area contributed by atoms with Crippen molar-refractivity contribution >= 4 is 103 Å². The minimum absolute atomic E-state index is 0.161. The fourth-order valence-electron chi connectivity index (χ4n) is 19.7. The lowest BCUT2D eigenvalue weighted by atomic mass is 9.30. The molecular weight excluding hydrogens is 1260 g/mol. The molecule has 7 heteroatoms. The van der Waals surface area contributed by atoms with E-state index < -0.39 is 0 Å². The minimum atomic E-state index is -0.233. The number of ether oxygens (including phenoxy) is 1. The maximum absolute atomic E-state index is 7.92. The molecule has 0 aromatic heterocycles. The average Bonchev–Trinajstić information content (AvgIpc) is 0.681. The molecule has 4 fully saturated rings. The third-order valence-corrected chi connectivity index (χ3v) is 24.0. The van der Waals surface area contributed by atoms with Gasteiger partial charge in [-0.2, -0.15) is 0 Å². The van der Waals surface area contributed by atoms with Crippen molar-refractivity contribution in [3.63, 3.8) is 0 Å². The second-order valence-corrected chi connectivity index (χ2v) is 31.1. The molecule has 6 heterocycles. The van der Waals surface area contributed by atoms with Crippen molar-refractivity contribution in [1.82, 2.24) is 0 Å². The van der Waals surface area contributed by atoms with Crippen molar-refractivity contribution in [3.05, 3.63) is 327 Å². The second-order valence-electron chi connectivity index (χ2n) is 31.1. The van der Waals surface area contributed by atoms with Gasteiger partial charge in [-0.15, -0.1) is 0 Å². The Morgan fingerprint density at radius 1 is 0.288 bits per heavy atom. The summed E-state index contributed by atoms with van der Waals surface area (Å²) < 4.78 is 7.92. The number of para-hydroxylation sites is 3. The van der Waals surface area contributed by atoms with Crippen LogP contribution in [0.1, 0.15) is 58.4 Å². The summed E-state index contributed by atoms with van der Waals surface area (Å²) in [4.78, 5) is 10.9. The van der Waals surface area contributed by atoms with Gasteiger partial charge in [-0.3, -0.25) is 0 Å². The van der Waals surface area contributed by atoms with E-state index in [2.05, 4.69) is 362 Å². The van der Waals surface area contributed by atoms with Crippen molar-refractivity contribution in [2.45, 2.75) is 70.4 Å². The van der Waals surface area contributed by atoms with Gasteiger partial charge in [-0.1, -0.05) is 263 Å². The van der Waals surface area contributed by atoms with Crippen molar-refractivity contribution in [1.29, 1.82) is 0 Å². The van der Waals surface area contributed by atoms with Crippen molar-refractivity contribution in [3.8, 4) is 78.3 Å². The summed E-state index contributed by atoms with van der Waals surface area (Å²) in [5.41, 5.74) is 34.1. The molecule has 0 amide bonds. The molecule has 0 radical (unpaired) electrons. The predicted octanol–water partition coefficient (Wildman–Crippen LogP) is 21.2. The molecular formula is C97H76B2N4O. The van der Waals surface area contributed by atoms with Gasteiger partial charge in [-0.05, 0) is 205 Å². The number of piperidine rings is 2. The van der Waals surface area contributed by atoms with Gasteiger partial charge in [0.05, 0.1) is 11.4 Å². The van der Waals surface area contributed by atoms with Crippen LogP contribution in [0.25, 0.3) is 66.8 Å². The zero-order valence-corrected chi connectivity index (χ0v) is 58.8. The molecule has 2 aliphatic carbocycles. The molecule has 0 unspecified atom stereocenters. The highest BCUT2D eigenvalue weighted by molar-refractivity contribution is 7.02. The molecule has 2 saturated heterocycles. The summed E-state index contributed by atoms with van der Waals surface area (Å²) in [7, 11) is 0. The monoisotopic (exact) mass is 1330 g/mol. The van der Waals surface area contributed by atoms with Crippen molar-refractivity contribution in [2.75, 3.05) is 19.6 Å². The topological polar surface area (TPSA) is 22.2 Å². The number of rotatable bonds is 10. The van der Waals surface area contributed by atoms with Gasteiger partial charge in [0.2, 0.25) is 0 Å². The van der Waals surface area contributed by atoms with Gasteiger partial charge in [0.1, 0.15) is 11.5 Å². The third kappa shape index (κ3) is 9.69. The van der Waals surface area contributed by atoms with Crippen molar-refractivity contribution < 1.29 is 4.74 Å². The summed E-state index contributed by atoms with van der Waals surface area (Å²) in [6.45, 7) is 6.60. The Hall–Kier alpha value is -11.8. The summed E-state index contributed by atoms with van der Waals surface area (Å²) in [6, 6.07) is 123. The molecule has 0 N–H and O–H groups in total. The van der Waals surface area contributed by atoms with Crippen LogP contribution in [0, 0.1) is 11.8 Å². The highest BCUT2D eigenvalue weighted by Gasteiger charge is 2.52.